The first-order valence-electron chi connectivity index (χ1n) is 9.65. The van der Waals surface area contributed by atoms with Gasteiger partial charge >= 0.3 is 5.69 Å². The van der Waals surface area contributed by atoms with Gasteiger partial charge in [-0.2, -0.15) is 0 Å². The summed E-state index contributed by atoms with van der Waals surface area (Å²) in [6.07, 6.45) is 3.83. The third-order valence-electron chi connectivity index (χ3n) is 5.09. The molecule has 0 unspecified atom stereocenters. The second-order valence-corrected chi connectivity index (χ2v) is 8.03. The molecule has 4 aromatic heterocycles. The normalized spacial score (nSPS) is 11.6. The van der Waals surface area contributed by atoms with Crippen molar-refractivity contribution < 1.29 is 4.42 Å². The van der Waals surface area contributed by atoms with Crippen LogP contribution in [0.25, 0.3) is 22.6 Å². The van der Waals surface area contributed by atoms with Crippen LogP contribution in [-0.4, -0.2) is 39.2 Å². The summed E-state index contributed by atoms with van der Waals surface area (Å²) in [7, 11) is 3.38. The number of hydrogen-bond donors (Lipinski definition) is 0. The Hall–Kier alpha value is -3.08. The molecule has 0 atom stereocenters. The van der Waals surface area contributed by atoms with E-state index in [1.165, 1.54) is 9.13 Å². The van der Waals surface area contributed by atoms with Crippen LogP contribution < -0.4 is 11.2 Å². The number of aromatic nitrogens is 7. The largest absolute Gasteiger partial charge is 0.469 e. The van der Waals surface area contributed by atoms with Crippen molar-refractivity contribution in [2.45, 2.75) is 38.5 Å². The number of nitrogens with zero attached hydrogens (tertiary/aromatic N) is 7. The van der Waals surface area contributed by atoms with E-state index in [4.69, 9.17) is 4.42 Å². The number of thioether (sulfide) groups is 1. The number of aryl methyl sites for hydroxylation is 3. The Balaban J connectivity index is 1.50. The van der Waals surface area contributed by atoms with Gasteiger partial charge < -0.3 is 13.6 Å². The zero-order valence-corrected chi connectivity index (χ0v) is 18.1. The van der Waals surface area contributed by atoms with Crippen molar-refractivity contribution >= 4 is 22.9 Å². The molecular weight excluding hydrogens is 406 g/mol. The maximum Gasteiger partial charge on any atom is 0.332 e. The standard InChI is InChI=1S/C19H23N7O3S/c1-5-25-15(13-7-9-29-12(13)2)21-22-18(25)30-10-6-8-26-17(27)14-16(20-11-23(14)3)24(4)19(26)28/h7,9,11H,5-6,8,10H2,1-4H3. The first-order valence-corrected chi connectivity index (χ1v) is 10.6. The number of fused-ring (bicyclic) bond motifs is 1. The van der Waals surface area contributed by atoms with Crippen LogP contribution in [0, 0.1) is 6.92 Å². The predicted octanol–water partition coefficient (Wildman–Crippen LogP) is 1.80. The molecule has 30 heavy (non-hydrogen) atoms. The molecule has 4 heterocycles. The number of furan rings is 1. The van der Waals surface area contributed by atoms with E-state index in [0.29, 0.717) is 29.9 Å². The van der Waals surface area contributed by atoms with E-state index in [1.807, 2.05) is 24.5 Å². The molecule has 0 aliphatic heterocycles. The topological polar surface area (TPSA) is 106 Å². The van der Waals surface area contributed by atoms with Gasteiger partial charge in [0.15, 0.2) is 22.1 Å². The quantitative estimate of drug-likeness (QED) is 0.326. The molecule has 0 N–H and O–H groups in total. The summed E-state index contributed by atoms with van der Waals surface area (Å²) >= 11 is 1.56. The number of hydrogen-bond acceptors (Lipinski definition) is 7. The van der Waals surface area contributed by atoms with E-state index in [-0.39, 0.29) is 11.2 Å². The Morgan fingerprint density at radius 3 is 2.67 bits per heavy atom. The Kier molecular flexibility index (Phi) is 5.37. The van der Waals surface area contributed by atoms with Crippen LogP contribution in [0.5, 0.6) is 0 Å². The highest BCUT2D eigenvalue weighted by atomic mass is 32.2. The minimum Gasteiger partial charge on any atom is -0.469 e. The maximum atomic E-state index is 12.8. The molecule has 0 radical (unpaired) electrons. The highest BCUT2D eigenvalue weighted by molar-refractivity contribution is 7.99. The van der Waals surface area contributed by atoms with Crippen LogP contribution in [-0.2, 0) is 27.2 Å². The molecule has 0 fully saturated rings. The fourth-order valence-corrected chi connectivity index (χ4v) is 4.40. The molecule has 0 saturated heterocycles. The second kappa shape index (κ2) is 7.98. The van der Waals surface area contributed by atoms with Gasteiger partial charge in [0.2, 0.25) is 0 Å². The Morgan fingerprint density at radius 2 is 1.97 bits per heavy atom. The van der Waals surface area contributed by atoms with Gasteiger partial charge in [0.1, 0.15) is 5.76 Å². The SMILES string of the molecule is CCn1c(SCCCn2c(=O)c3c(ncn3C)n(C)c2=O)nnc1-c1ccoc1C. The van der Waals surface area contributed by atoms with Crippen molar-refractivity contribution in [1.82, 2.24) is 33.4 Å². The van der Waals surface area contributed by atoms with Crippen molar-refractivity contribution in [2.24, 2.45) is 14.1 Å². The zero-order valence-electron chi connectivity index (χ0n) is 17.3. The van der Waals surface area contributed by atoms with Crippen LogP contribution in [0.15, 0.2) is 37.8 Å². The molecule has 0 saturated carbocycles. The lowest BCUT2D eigenvalue weighted by Gasteiger charge is -2.09. The van der Waals surface area contributed by atoms with Gasteiger partial charge in [-0.05, 0) is 26.3 Å². The van der Waals surface area contributed by atoms with Gasteiger partial charge in [0.05, 0.1) is 18.2 Å². The van der Waals surface area contributed by atoms with Crippen molar-refractivity contribution in [3.05, 3.63) is 45.3 Å². The van der Waals surface area contributed by atoms with Crippen LogP contribution in [0.1, 0.15) is 19.1 Å². The minimum atomic E-state index is -0.356. The van der Waals surface area contributed by atoms with E-state index in [9.17, 15) is 9.59 Å². The van der Waals surface area contributed by atoms with Crippen LogP contribution in [0.3, 0.4) is 0 Å². The van der Waals surface area contributed by atoms with Gasteiger partial charge in [0, 0.05) is 32.9 Å². The molecule has 4 aromatic rings. The van der Waals surface area contributed by atoms with E-state index >= 15 is 0 Å². The molecule has 0 aromatic carbocycles. The molecule has 0 spiro atoms. The van der Waals surface area contributed by atoms with Crippen molar-refractivity contribution in [3.63, 3.8) is 0 Å². The summed E-state index contributed by atoms with van der Waals surface area (Å²) in [6, 6.07) is 1.89. The lowest BCUT2D eigenvalue weighted by atomic mass is 10.2. The minimum absolute atomic E-state index is 0.312. The first-order chi connectivity index (χ1) is 14.4. The van der Waals surface area contributed by atoms with Crippen molar-refractivity contribution in [2.75, 3.05) is 5.75 Å². The van der Waals surface area contributed by atoms with E-state index in [2.05, 4.69) is 15.2 Å². The first kappa shape index (κ1) is 20.2. The lowest BCUT2D eigenvalue weighted by molar-refractivity contribution is 0.534. The van der Waals surface area contributed by atoms with Crippen molar-refractivity contribution in [1.29, 1.82) is 0 Å². The zero-order chi connectivity index (χ0) is 21.4. The van der Waals surface area contributed by atoms with E-state index in [1.54, 1.807) is 43.0 Å². The molecule has 0 bridgehead atoms. The second-order valence-electron chi connectivity index (χ2n) is 6.97. The summed E-state index contributed by atoms with van der Waals surface area (Å²) in [5.41, 5.74) is 1.08. The molecule has 158 valence electrons. The summed E-state index contributed by atoms with van der Waals surface area (Å²) in [6.45, 7) is 4.99. The van der Waals surface area contributed by atoms with Crippen LogP contribution in [0.4, 0.5) is 0 Å². The van der Waals surface area contributed by atoms with Crippen LogP contribution in [0.2, 0.25) is 0 Å². The summed E-state index contributed by atoms with van der Waals surface area (Å²) in [5, 5.41) is 9.43. The maximum absolute atomic E-state index is 12.8. The molecular formula is C19H23N7O3S. The third-order valence-corrected chi connectivity index (χ3v) is 6.14. The Bertz CT molecular complexity index is 1320. The van der Waals surface area contributed by atoms with Gasteiger partial charge in [-0.15, -0.1) is 10.2 Å². The molecule has 11 heteroatoms. The molecule has 0 aliphatic carbocycles. The molecule has 0 aliphatic rings. The average molecular weight is 430 g/mol. The number of imidazole rings is 1. The molecule has 0 amide bonds. The van der Waals surface area contributed by atoms with Crippen LogP contribution >= 0.6 is 11.8 Å². The van der Waals surface area contributed by atoms with Gasteiger partial charge in [0.25, 0.3) is 5.56 Å². The average Bonchev–Trinajstić information content (AvgIpc) is 3.43. The predicted molar refractivity (Wildman–Crippen MR) is 114 cm³/mol. The number of rotatable bonds is 7. The lowest BCUT2D eigenvalue weighted by Crippen LogP contribution is -2.39. The third kappa shape index (κ3) is 3.28. The van der Waals surface area contributed by atoms with Gasteiger partial charge in [-0.1, -0.05) is 11.8 Å². The Morgan fingerprint density at radius 1 is 1.17 bits per heavy atom. The summed E-state index contributed by atoms with van der Waals surface area (Å²) < 4.78 is 11.8. The van der Waals surface area contributed by atoms with Gasteiger partial charge in [-0.25, -0.2) is 9.78 Å². The fourth-order valence-electron chi connectivity index (χ4n) is 3.48. The Labute approximate surface area is 176 Å². The summed E-state index contributed by atoms with van der Waals surface area (Å²) in [4.78, 5) is 29.5. The molecule has 4 rings (SSSR count). The highest BCUT2D eigenvalue weighted by Crippen LogP contribution is 2.27. The van der Waals surface area contributed by atoms with E-state index in [0.717, 1.165) is 28.8 Å². The highest BCUT2D eigenvalue weighted by Gasteiger charge is 2.17. The monoisotopic (exact) mass is 429 g/mol. The molecule has 10 nitrogen and oxygen atoms in total. The summed E-state index contributed by atoms with van der Waals surface area (Å²) in [5.74, 6) is 2.27. The fraction of sp³-hybridized carbons (Fsp3) is 0.421. The van der Waals surface area contributed by atoms with Gasteiger partial charge in [-0.3, -0.25) is 13.9 Å². The van der Waals surface area contributed by atoms with E-state index < -0.39 is 0 Å². The van der Waals surface area contributed by atoms with Crippen molar-refractivity contribution in [3.8, 4) is 11.4 Å². The smallest absolute Gasteiger partial charge is 0.332 e.